The Balaban J connectivity index is 0.00000512. The summed E-state index contributed by atoms with van der Waals surface area (Å²) in [4.78, 5) is 4.67. The van der Waals surface area contributed by atoms with Gasteiger partial charge in [-0.05, 0) is 44.9 Å². The quantitative estimate of drug-likeness (QED) is 0.216. The fraction of sp³-hybridized carbons (Fsp3) is 0.435. The number of hydrogen-bond donors (Lipinski definition) is 3. The summed E-state index contributed by atoms with van der Waals surface area (Å²) in [5.41, 5.74) is 2.69. The van der Waals surface area contributed by atoms with E-state index in [-0.39, 0.29) is 35.8 Å². The Labute approximate surface area is 209 Å². The average molecular weight is 575 g/mol. The number of nitrogens with zero attached hydrogens (tertiary/aromatic N) is 1. The Morgan fingerprint density at radius 1 is 0.969 bits per heavy atom. The zero-order valence-corrected chi connectivity index (χ0v) is 22.4. The minimum absolute atomic E-state index is 0. The van der Waals surface area contributed by atoms with E-state index in [1.807, 2.05) is 76.2 Å². The van der Waals surface area contributed by atoms with Crippen molar-refractivity contribution in [1.29, 1.82) is 0 Å². The number of ether oxygens (including phenoxy) is 1. The minimum Gasteiger partial charge on any atom is -0.494 e. The van der Waals surface area contributed by atoms with Crippen LogP contribution in [-0.4, -0.2) is 33.6 Å². The van der Waals surface area contributed by atoms with Crippen molar-refractivity contribution in [3.05, 3.63) is 65.2 Å². The number of rotatable bonds is 11. The van der Waals surface area contributed by atoms with Gasteiger partial charge < -0.3 is 15.4 Å². The molecule has 0 radical (unpaired) electrons. The predicted octanol–water partition coefficient (Wildman–Crippen LogP) is 3.79. The maximum absolute atomic E-state index is 12.4. The lowest BCUT2D eigenvalue weighted by Gasteiger charge is -2.15. The van der Waals surface area contributed by atoms with Crippen LogP contribution in [0, 0.1) is 0 Å². The molecule has 0 saturated carbocycles. The van der Waals surface area contributed by atoms with E-state index in [4.69, 9.17) is 4.74 Å². The van der Waals surface area contributed by atoms with Crippen LogP contribution >= 0.6 is 24.0 Å². The fourth-order valence-corrected chi connectivity index (χ4v) is 4.58. The number of para-hydroxylation sites is 1. The Morgan fingerprint density at radius 3 is 2.22 bits per heavy atom. The standard InChI is InChI=1S/C23H34N4O3S.HI/c1-5-24-23(26-16-20-12-9-10-14-22(20)30-6-2)25-15-19-11-7-8-13-21(19)17-31(28,29)27-18(3)4;/h7-14,18,27H,5-6,15-17H2,1-4H3,(H2,24,25,26);1H. The molecule has 0 aliphatic heterocycles. The third kappa shape index (κ3) is 9.74. The molecular weight excluding hydrogens is 539 g/mol. The number of nitrogens with one attached hydrogen (secondary N) is 3. The van der Waals surface area contributed by atoms with Crippen molar-refractivity contribution >= 4 is 40.0 Å². The summed E-state index contributed by atoms with van der Waals surface area (Å²) in [5, 5.41) is 6.54. The first-order valence-electron chi connectivity index (χ1n) is 10.6. The van der Waals surface area contributed by atoms with Crippen LogP contribution in [0.25, 0.3) is 0 Å². The largest absolute Gasteiger partial charge is 0.494 e. The van der Waals surface area contributed by atoms with Crippen LogP contribution in [0.1, 0.15) is 44.4 Å². The van der Waals surface area contributed by atoms with E-state index in [2.05, 4.69) is 20.3 Å². The smallest absolute Gasteiger partial charge is 0.216 e. The van der Waals surface area contributed by atoms with E-state index in [0.717, 1.165) is 22.4 Å². The molecule has 0 spiro atoms. The Morgan fingerprint density at radius 2 is 1.59 bits per heavy atom. The number of hydrogen-bond acceptors (Lipinski definition) is 4. The molecule has 0 atom stereocenters. The summed E-state index contributed by atoms with van der Waals surface area (Å²) in [5.74, 6) is 1.43. The third-order valence-electron chi connectivity index (χ3n) is 4.35. The molecule has 2 rings (SSSR count). The van der Waals surface area contributed by atoms with Crippen molar-refractivity contribution in [3.8, 4) is 5.75 Å². The molecule has 0 fully saturated rings. The lowest BCUT2D eigenvalue weighted by atomic mass is 10.1. The average Bonchev–Trinajstić information content (AvgIpc) is 2.71. The molecule has 0 aromatic heterocycles. The summed E-state index contributed by atoms with van der Waals surface area (Å²) in [6.45, 7) is 9.84. The molecule has 2 aromatic carbocycles. The highest BCUT2D eigenvalue weighted by molar-refractivity contribution is 14.0. The van der Waals surface area contributed by atoms with Crippen molar-refractivity contribution in [2.45, 2.75) is 52.6 Å². The highest BCUT2D eigenvalue weighted by Gasteiger charge is 2.15. The third-order valence-corrected chi connectivity index (χ3v) is 5.87. The molecule has 0 aliphatic carbocycles. The summed E-state index contributed by atoms with van der Waals surface area (Å²) in [6, 6.07) is 15.3. The number of aliphatic imine (C=N–C) groups is 1. The first kappa shape index (κ1) is 28.2. The van der Waals surface area contributed by atoms with Crippen LogP contribution in [0.4, 0.5) is 0 Å². The maximum Gasteiger partial charge on any atom is 0.216 e. The molecule has 178 valence electrons. The van der Waals surface area contributed by atoms with Crippen LogP contribution in [0.3, 0.4) is 0 Å². The molecule has 3 N–H and O–H groups in total. The predicted molar refractivity (Wildman–Crippen MR) is 142 cm³/mol. The van der Waals surface area contributed by atoms with Crippen LogP contribution in [0.15, 0.2) is 53.5 Å². The van der Waals surface area contributed by atoms with E-state index in [0.29, 0.717) is 32.2 Å². The number of halogens is 1. The molecule has 2 aromatic rings. The molecule has 32 heavy (non-hydrogen) atoms. The van der Waals surface area contributed by atoms with Gasteiger partial charge in [0.2, 0.25) is 10.0 Å². The molecule has 0 unspecified atom stereocenters. The number of sulfonamides is 1. The molecule has 0 aliphatic rings. The van der Waals surface area contributed by atoms with Gasteiger partial charge in [-0.15, -0.1) is 24.0 Å². The molecule has 0 heterocycles. The first-order chi connectivity index (χ1) is 14.8. The summed E-state index contributed by atoms with van der Waals surface area (Å²) in [6.07, 6.45) is 0. The lowest BCUT2D eigenvalue weighted by Crippen LogP contribution is -2.37. The first-order valence-corrected chi connectivity index (χ1v) is 12.3. The van der Waals surface area contributed by atoms with Gasteiger partial charge in [-0.2, -0.15) is 0 Å². The zero-order chi connectivity index (χ0) is 22.7. The second-order valence-corrected chi connectivity index (χ2v) is 9.14. The molecule has 7 nitrogen and oxygen atoms in total. The minimum atomic E-state index is -3.40. The van der Waals surface area contributed by atoms with Crippen molar-refractivity contribution in [2.24, 2.45) is 4.99 Å². The van der Waals surface area contributed by atoms with Crippen LogP contribution < -0.4 is 20.1 Å². The van der Waals surface area contributed by atoms with E-state index >= 15 is 0 Å². The summed E-state index contributed by atoms with van der Waals surface area (Å²) < 4.78 is 33.0. The van der Waals surface area contributed by atoms with Crippen molar-refractivity contribution < 1.29 is 13.2 Å². The van der Waals surface area contributed by atoms with Gasteiger partial charge in [0.25, 0.3) is 0 Å². The topological polar surface area (TPSA) is 91.8 Å². The highest BCUT2D eigenvalue weighted by Crippen LogP contribution is 2.18. The number of benzene rings is 2. The van der Waals surface area contributed by atoms with Crippen LogP contribution in [0.2, 0.25) is 0 Å². The van der Waals surface area contributed by atoms with Gasteiger partial charge in [-0.3, -0.25) is 0 Å². The van der Waals surface area contributed by atoms with Gasteiger partial charge in [0.1, 0.15) is 5.75 Å². The van der Waals surface area contributed by atoms with Gasteiger partial charge in [-0.25, -0.2) is 18.1 Å². The monoisotopic (exact) mass is 574 g/mol. The highest BCUT2D eigenvalue weighted by atomic mass is 127. The molecular formula is C23H35IN4O3S. The van der Waals surface area contributed by atoms with Crippen LogP contribution in [-0.2, 0) is 28.9 Å². The maximum atomic E-state index is 12.4. The fourth-order valence-electron chi connectivity index (χ4n) is 3.09. The molecule has 0 bridgehead atoms. The second kappa shape index (κ2) is 14.3. The van der Waals surface area contributed by atoms with Crippen molar-refractivity contribution in [3.63, 3.8) is 0 Å². The molecule has 0 amide bonds. The summed E-state index contributed by atoms with van der Waals surface area (Å²) in [7, 11) is -3.40. The van der Waals surface area contributed by atoms with Gasteiger partial charge >= 0.3 is 0 Å². The zero-order valence-electron chi connectivity index (χ0n) is 19.2. The van der Waals surface area contributed by atoms with Gasteiger partial charge in [0.15, 0.2) is 5.96 Å². The van der Waals surface area contributed by atoms with E-state index in [1.54, 1.807) is 0 Å². The summed E-state index contributed by atoms with van der Waals surface area (Å²) >= 11 is 0. The SMILES string of the molecule is CCNC(=NCc1ccccc1OCC)NCc1ccccc1CS(=O)(=O)NC(C)C.I. The van der Waals surface area contributed by atoms with Gasteiger partial charge in [0.05, 0.1) is 18.9 Å². The normalized spacial score (nSPS) is 11.7. The molecule has 9 heteroatoms. The molecule has 0 saturated heterocycles. The van der Waals surface area contributed by atoms with E-state index < -0.39 is 10.0 Å². The van der Waals surface area contributed by atoms with E-state index in [1.165, 1.54) is 0 Å². The van der Waals surface area contributed by atoms with E-state index in [9.17, 15) is 8.42 Å². The second-order valence-electron chi connectivity index (χ2n) is 7.39. The van der Waals surface area contributed by atoms with Crippen molar-refractivity contribution in [1.82, 2.24) is 15.4 Å². The Kier molecular flexibility index (Phi) is 12.6. The number of guanidine groups is 1. The Hall–Kier alpha value is -1.85. The van der Waals surface area contributed by atoms with Crippen molar-refractivity contribution in [2.75, 3.05) is 13.2 Å². The van der Waals surface area contributed by atoms with Gasteiger partial charge in [0, 0.05) is 24.7 Å². The van der Waals surface area contributed by atoms with Crippen LogP contribution in [0.5, 0.6) is 5.75 Å². The van der Waals surface area contributed by atoms with Gasteiger partial charge in [-0.1, -0.05) is 42.5 Å². The Bertz CT molecular complexity index is 965. The lowest BCUT2D eigenvalue weighted by molar-refractivity contribution is 0.336.